The van der Waals surface area contributed by atoms with E-state index >= 15 is 0 Å². The van der Waals surface area contributed by atoms with Gasteiger partial charge in [0.15, 0.2) is 5.78 Å². The molecule has 0 unspecified atom stereocenters. The van der Waals surface area contributed by atoms with Crippen LogP contribution < -0.4 is 10.2 Å². The molecule has 4 rings (SSSR count). The van der Waals surface area contributed by atoms with Crippen molar-refractivity contribution in [2.24, 2.45) is 0 Å². The molecule has 1 aliphatic heterocycles. The highest BCUT2D eigenvalue weighted by molar-refractivity contribution is 6.34. The third-order valence-corrected chi connectivity index (χ3v) is 5.53. The number of H-pyrrole nitrogens is 1. The van der Waals surface area contributed by atoms with Crippen LogP contribution in [0.1, 0.15) is 73.1 Å². The van der Waals surface area contributed by atoms with E-state index in [2.05, 4.69) is 10.3 Å². The van der Waals surface area contributed by atoms with Gasteiger partial charge in [0.2, 0.25) is 0 Å². The molecule has 0 aliphatic carbocycles. The second kappa shape index (κ2) is 8.26. The molecule has 0 bridgehead atoms. The standard InChI is InChI=1S/C25H23N3O4/c1-4-8-20-21(15(3)29)14(2)26-22(20)23(30)27-16-9-7-10-17(13-16)28-24(31)18-11-5-6-12-19(18)25(28)32/h5-7,9-13,26H,4,8H2,1-3H3,(H,27,30). The molecule has 1 aromatic heterocycles. The zero-order valence-corrected chi connectivity index (χ0v) is 18.1. The molecule has 162 valence electrons. The summed E-state index contributed by atoms with van der Waals surface area (Å²) >= 11 is 0. The summed E-state index contributed by atoms with van der Waals surface area (Å²) < 4.78 is 0. The highest BCUT2D eigenvalue weighted by atomic mass is 16.2. The smallest absolute Gasteiger partial charge is 0.272 e. The van der Waals surface area contributed by atoms with Gasteiger partial charge in [0.25, 0.3) is 17.7 Å². The van der Waals surface area contributed by atoms with Crippen molar-refractivity contribution in [1.29, 1.82) is 0 Å². The molecule has 0 radical (unpaired) electrons. The maximum atomic E-state index is 13.0. The second-order valence-electron chi connectivity index (χ2n) is 7.78. The summed E-state index contributed by atoms with van der Waals surface area (Å²) in [5.74, 6) is -1.27. The monoisotopic (exact) mass is 429 g/mol. The van der Waals surface area contributed by atoms with Crippen molar-refractivity contribution in [3.63, 3.8) is 0 Å². The number of Topliss-reactive ketones (excluding diaryl/α,β-unsaturated/α-hetero) is 1. The van der Waals surface area contributed by atoms with Crippen LogP contribution in [0.2, 0.25) is 0 Å². The van der Waals surface area contributed by atoms with E-state index in [1.54, 1.807) is 55.5 Å². The van der Waals surface area contributed by atoms with E-state index in [0.29, 0.717) is 51.4 Å². The quantitative estimate of drug-likeness (QED) is 0.444. The van der Waals surface area contributed by atoms with Gasteiger partial charge in [0.1, 0.15) is 5.69 Å². The zero-order valence-electron chi connectivity index (χ0n) is 18.1. The maximum absolute atomic E-state index is 13.0. The van der Waals surface area contributed by atoms with E-state index in [9.17, 15) is 19.2 Å². The first kappa shape index (κ1) is 21.2. The van der Waals surface area contributed by atoms with Crippen LogP contribution in [0, 0.1) is 6.92 Å². The number of nitrogens with zero attached hydrogens (tertiary/aromatic N) is 1. The third-order valence-electron chi connectivity index (χ3n) is 5.53. The average Bonchev–Trinajstić information content (AvgIpc) is 3.23. The van der Waals surface area contributed by atoms with E-state index in [1.807, 2.05) is 6.92 Å². The van der Waals surface area contributed by atoms with Crippen molar-refractivity contribution in [1.82, 2.24) is 4.98 Å². The molecule has 3 amide bonds. The molecule has 0 atom stereocenters. The lowest BCUT2D eigenvalue weighted by molar-refractivity contribution is 0.0923. The topological polar surface area (TPSA) is 99.3 Å². The highest BCUT2D eigenvalue weighted by Crippen LogP contribution is 2.30. The number of aromatic nitrogens is 1. The largest absolute Gasteiger partial charge is 0.354 e. The van der Waals surface area contributed by atoms with Crippen molar-refractivity contribution in [3.05, 3.63) is 82.2 Å². The van der Waals surface area contributed by atoms with E-state index in [-0.39, 0.29) is 11.7 Å². The lowest BCUT2D eigenvalue weighted by Crippen LogP contribution is -2.29. The van der Waals surface area contributed by atoms with E-state index in [1.165, 1.54) is 6.92 Å². The number of rotatable bonds is 6. The summed E-state index contributed by atoms with van der Waals surface area (Å²) in [5.41, 5.74) is 3.78. The average molecular weight is 429 g/mol. The van der Waals surface area contributed by atoms with Crippen molar-refractivity contribution >= 4 is 34.9 Å². The molecular formula is C25H23N3O4. The van der Waals surface area contributed by atoms with Crippen molar-refractivity contribution < 1.29 is 19.2 Å². The van der Waals surface area contributed by atoms with Crippen LogP contribution in [0.4, 0.5) is 11.4 Å². The van der Waals surface area contributed by atoms with Crippen LogP contribution in [0.3, 0.4) is 0 Å². The van der Waals surface area contributed by atoms with Gasteiger partial charge in [0.05, 0.1) is 16.8 Å². The number of aryl methyl sites for hydroxylation is 1. The van der Waals surface area contributed by atoms with Gasteiger partial charge < -0.3 is 10.3 Å². The van der Waals surface area contributed by atoms with Crippen LogP contribution in [0.5, 0.6) is 0 Å². The molecule has 2 heterocycles. The Hall–Kier alpha value is -4.00. The molecule has 32 heavy (non-hydrogen) atoms. The van der Waals surface area contributed by atoms with Gasteiger partial charge in [-0.25, -0.2) is 4.90 Å². The summed E-state index contributed by atoms with van der Waals surface area (Å²) in [5, 5.41) is 2.82. The lowest BCUT2D eigenvalue weighted by Gasteiger charge is -2.15. The minimum Gasteiger partial charge on any atom is -0.354 e. The summed E-state index contributed by atoms with van der Waals surface area (Å²) in [7, 11) is 0. The SMILES string of the molecule is CCCc1c(C(=O)Nc2cccc(N3C(=O)c4ccccc4C3=O)c2)[nH]c(C)c1C(C)=O. The number of fused-ring (bicyclic) bond motifs is 1. The summed E-state index contributed by atoms with van der Waals surface area (Å²) in [6.45, 7) is 5.25. The van der Waals surface area contributed by atoms with Gasteiger partial charge >= 0.3 is 0 Å². The number of carbonyl (C=O) groups is 4. The fraction of sp³-hybridized carbons (Fsp3) is 0.200. The molecule has 0 fully saturated rings. The molecule has 1 aliphatic rings. The Labute approximate surface area is 185 Å². The number of nitrogens with one attached hydrogen (secondary N) is 2. The minimum absolute atomic E-state index is 0.0890. The number of anilines is 2. The number of amides is 3. The van der Waals surface area contributed by atoms with Crippen LogP contribution in [-0.4, -0.2) is 28.5 Å². The number of ketones is 1. The van der Waals surface area contributed by atoms with Gasteiger partial charge in [0, 0.05) is 16.9 Å². The fourth-order valence-electron chi connectivity index (χ4n) is 4.19. The molecule has 7 nitrogen and oxygen atoms in total. The van der Waals surface area contributed by atoms with Gasteiger partial charge in [-0.2, -0.15) is 0 Å². The summed E-state index contributed by atoms with van der Waals surface area (Å²) in [6.07, 6.45) is 1.38. The van der Waals surface area contributed by atoms with Crippen LogP contribution >= 0.6 is 0 Å². The first-order chi connectivity index (χ1) is 15.3. The van der Waals surface area contributed by atoms with Crippen molar-refractivity contribution in [2.45, 2.75) is 33.6 Å². The van der Waals surface area contributed by atoms with Gasteiger partial charge in [-0.1, -0.05) is 31.5 Å². The van der Waals surface area contributed by atoms with E-state index in [4.69, 9.17) is 0 Å². The van der Waals surface area contributed by atoms with Crippen molar-refractivity contribution in [3.8, 4) is 0 Å². The first-order valence-electron chi connectivity index (χ1n) is 10.4. The minimum atomic E-state index is -0.398. The number of hydrogen-bond donors (Lipinski definition) is 2. The van der Waals surface area contributed by atoms with Crippen molar-refractivity contribution in [2.75, 3.05) is 10.2 Å². The number of hydrogen-bond acceptors (Lipinski definition) is 4. The van der Waals surface area contributed by atoms with Crippen LogP contribution in [0.15, 0.2) is 48.5 Å². The van der Waals surface area contributed by atoms with E-state index < -0.39 is 11.8 Å². The molecule has 0 saturated carbocycles. The molecule has 0 saturated heterocycles. The predicted molar refractivity (Wildman–Crippen MR) is 122 cm³/mol. The fourth-order valence-corrected chi connectivity index (χ4v) is 4.19. The van der Waals surface area contributed by atoms with Gasteiger partial charge in [-0.05, 0) is 56.2 Å². The Morgan fingerprint density at radius 1 is 1.00 bits per heavy atom. The molecule has 2 aromatic carbocycles. The Kier molecular flexibility index (Phi) is 5.48. The highest BCUT2D eigenvalue weighted by Gasteiger charge is 2.36. The molecule has 2 N–H and O–H groups in total. The van der Waals surface area contributed by atoms with E-state index in [0.717, 1.165) is 11.3 Å². The maximum Gasteiger partial charge on any atom is 0.272 e. The Morgan fingerprint density at radius 2 is 1.66 bits per heavy atom. The summed E-state index contributed by atoms with van der Waals surface area (Å²) in [6, 6.07) is 13.3. The number of benzene rings is 2. The second-order valence-corrected chi connectivity index (χ2v) is 7.78. The molecule has 3 aromatic rings. The lowest BCUT2D eigenvalue weighted by atomic mass is 10.0. The van der Waals surface area contributed by atoms with Gasteiger partial charge in [-0.3, -0.25) is 19.2 Å². The Bertz CT molecular complexity index is 1240. The molecule has 0 spiro atoms. The number of aromatic amines is 1. The third kappa shape index (κ3) is 3.51. The predicted octanol–water partition coefficient (Wildman–Crippen LogP) is 4.53. The molecular weight excluding hydrogens is 406 g/mol. The van der Waals surface area contributed by atoms with Crippen LogP contribution in [0.25, 0.3) is 0 Å². The Balaban J connectivity index is 1.63. The Morgan fingerprint density at radius 3 is 2.25 bits per heavy atom. The normalized spacial score (nSPS) is 12.8. The first-order valence-corrected chi connectivity index (χ1v) is 10.4. The zero-order chi connectivity index (χ0) is 23.0. The molecule has 7 heteroatoms. The van der Waals surface area contributed by atoms with Crippen LogP contribution in [-0.2, 0) is 6.42 Å². The number of carbonyl (C=O) groups excluding carboxylic acids is 4. The number of imide groups is 1. The van der Waals surface area contributed by atoms with Gasteiger partial charge in [-0.15, -0.1) is 0 Å². The summed E-state index contributed by atoms with van der Waals surface area (Å²) in [4.78, 5) is 54.8.